The Morgan fingerprint density at radius 1 is 0.970 bits per heavy atom. The van der Waals surface area contributed by atoms with E-state index in [0.717, 1.165) is 27.5 Å². The largest absolute Gasteiger partial charge is 0.490 e. The minimum atomic E-state index is -0.307. The summed E-state index contributed by atoms with van der Waals surface area (Å²) in [6.45, 7) is 2.54. The standard InChI is InChI=1S/C28H21BrFNO2/c1-2-32-27-15-20(14-26(29)28(27)33-18-19-6-5-9-25(30)13-19)12-24(17-31)23-11-10-21-7-3-4-8-22(21)16-23/h3-16H,2,18H2,1H3/b24-12-. The molecule has 0 aromatic heterocycles. The molecule has 0 atom stereocenters. The van der Waals surface area contributed by atoms with Crippen molar-refractivity contribution in [3.05, 3.63) is 106 Å². The summed E-state index contributed by atoms with van der Waals surface area (Å²) in [6.07, 6.45) is 1.83. The molecule has 0 saturated heterocycles. The molecule has 3 nitrogen and oxygen atoms in total. The Hall–Kier alpha value is -3.62. The van der Waals surface area contributed by atoms with Crippen LogP contribution < -0.4 is 9.47 Å². The third-order valence-electron chi connectivity index (χ3n) is 5.10. The van der Waals surface area contributed by atoms with Gasteiger partial charge in [-0.15, -0.1) is 0 Å². The number of hydrogen-bond donors (Lipinski definition) is 0. The van der Waals surface area contributed by atoms with Gasteiger partial charge in [-0.25, -0.2) is 4.39 Å². The second kappa shape index (κ2) is 10.3. The van der Waals surface area contributed by atoms with Crippen LogP contribution in [0.1, 0.15) is 23.6 Å². The topological polar surface area (TPSA) is 42.2 Å². The molecule has 164 valence electrons. The van der Waals surface area contributed by atoms with Gasteiger partial charge in [-0.2, -0.15) is 5.26 Å². The van der Waals surface area contributed by atoms with Crippen LogP contribution in [0.4, 0.5) is 4.39 Å². The zero-order valence-corrected chi connectivity index (χ0v) is 19.6. The normalized spacial score (nSPS) is 11.3. The Kier molecular flexibility index (Phi) is 7.07. The zero-order valence-electron chi connectivity index (χ0n) is 18.0. The molecule has 0 heterocycles. The molecule has 4 rings (SSSR count). The summed E-state index contributed by atoms with van der Waals surface area (Å²) in [5.74, 6) is 0.770. The van der Waals surface area contributed by atoms with Gasteiger partial charge in [0.2, 0.25) is 0 Å². The van der Waals surface area contributed by atoms with Gasteiger partial charge in [-0.05, 0) is 86.7 Å². The Morgan fingerprint density at radius 3 is 2.55 bits per heavy atom. The van der Waals surface area contributed by atoms with Crippen LogP contribution in [0.2, 0.25) is 0 Å². The van der Waals surface area contributed by atoms with E-state index in [1.54, 1.807) is 12.1 Å². The number of nitrogens with zero attached hydrogens (tertiary/aromatic N) is 1. The van der Waals surface area contributed by atoms with Crippen molar-refractivity contribution in [3.63, 3.8) is 0 Å². The SMILES string of the molecule is CCOc1cc(/C=C(/C#N)c2ccc3ccccc3c2)cc(Br)c1OCc1cccc(F)c1. The highest BCUT2D eigenvalue weighted by Gasteiger charge is 2.13. The van der Waals surface area contributed by atoms with Crippen molar-refractivity contribution in [1.29, 1.82) is 5.26 Å². The molecule has 4 aromatic rings. The van der Waals surface area contributed by atoms with Crippen LogP contribution in [-0.2, 0) is 6.61 Å². The Balaban J connectivity index is 1.66. The van der Waals surface area contributed by atoms with Crippen LogP contribution in [0.5, 0.6) is 11.5 Å². The summed E-state index contributed by atoms with van der Waals surface area (Å²) < 4.78 is 25.9. The first kappa shape index (κ1) is 22.6. The lowest BCUT2D eigenvalue weighted by Crippen LogP contribution is -2.01. The van der Waals surface area contributed by atoms with Crippen molar-refractivity contribution in [2.45, 2.75) is 13.5 Å². The molecule has 0 unspecified atom stereocenters. The molecule has 5 heteroatoms. The fourth-order valence-corrected chi connectivity index (χ4v) is 4.13. The molecule has 0 aliphatic heterocycles. The molecular weight excluding hydrogens is 481 g/mol. The third-order valence-corrected chi connectivity index (χ3v) is 5.68. The van der Waals surface area contributed by atoms with Gasteiger partial charge in [0.15, 0.2) is 11.5 Å². The lowest BCUT2D eigenvalue weighted by atomic mass is 10.00. The molecule has 0 N–H and O–H groups in total. The number of nitriles is 1. The Bertz CT molecular complexity index is 1370. The number of ether oxygens (including phenoxy) is 2. The third kappa shape index (κ3) is 5.42. The monoisotopic (exact) mass is 501 g/mol. The first-order valence-electron chi connectivity index (χ1n) is 10.5. The summed E-state index contributed by atoms with van der Waals surface area (Å²) in [5, 5.41) is 12.0. The predicted octanol–water partition coefficient (Wildman–Crippen LogP) is 7.78. The van der Waals surface area contributed by atoms with Gasteiger partial charge >= 0.3 is 0 Å². The van der Waals surface area contributed by atoms with E-state index in [0.29, 0.717) is 28.2 Å². The van der Waals surface area contributed by atoms with Crippen molar-refractivity contribution < 1.29 is 13.9 Å². The summed E-state index contributed by atoms with van der Waals surface area (Å²) >= 11 is 3.57. The van der Waals surface area contributed by atoms with Crippen molar-refractivity contribution >= 4 is 38.4 Å². The highest BCUT2D eigenvalue weighted by Crippen LogP contribution is 2.38. The minimum absolute atomic E-state index is 0.201. The van der Waals surface area contributed by atoms with Gasteiger partial charge in [0.1, 0.15) is 12.4 Å². The van der Waals surface area contributed by atoms with Crippen molar-refractivity contribution in [3.8, 4) is 17.6 Å². The van der Waals surface area contributed by atoms with Gasteiger partial charge in [0, 0.05) is 0 Å². The summed E-state index contributed by atoms with van der Waals surface area (Å²) in [5.41, 5.74) is 2.91. The van der Waals surface area contributed by atoms with Gasteiger partial charge < -0.3 is 9.47 Å². The average Bonchev–Trinajstić information content (AvgIpc) is 2.82. The first-order chi connectivity index (χ1) is 16.1. The van der Waals surface area contributed by atoms with Crippen LogP contribution in [0.15, 0.2) is 83.3 Å². The van der Waals surface area contributed by atoms with E-state index in [4.69, 9.17) is 9.47 Å². The van der Waals surface area contributed by atoms with E-state index < -0.39 is 0 Å². The number of halogens is 2. The second-order valence-corrected chi connectivity index (χ2v) is 8.27. The van der Waals surface area contributed by atoms with Crippen molar-refractivity contribution in [2.24, 2.45) is 0 Å². The fraction of sp³-hybridized carbons (Fsp3) is 0.107. The van der Waals surface area contributed by atoms with Crippen LogP contribution in [-0.4, -0.2) is 6.61 Å². The summed E-state index contributed by atoms with van der Waals surface area (Å²) in [7, 11) is 0. The molecule has 0 saturated carbocycles. The minimum Gasteiger partial charge on any atom is -0.490 e. The quantitative estimate of drug-likeness (QED) is 0.191. The zero-order chi connectivity index (χ0) is 23.2. The molecule has 0 aliphatic rings. The molecule has 0 fully saturated rings. The number of rotatable bonds is 7. The van der Waals surface area contributed by atoms with Crippen LogP contribution in [0, 0.1) is 17.1 Å². The lowest BCUT2D eigenvalue weighted by molar-refractivity contribution is 0.267. The molecule has 0 radical (unpaired) electrons. The molecule has 0 spiro atoms. The molecule has 0 bridgehead atoms. The number of fused-ring (bicyclic) bond motifs is 1. The first-order valence-corrected chi connectivity index (χ1v) is 11.3. The number of hydrogen-bond acceptors (Lipinski definition) is 3. The van der Waals surface area contributed by atoms with E-state index >= 15 is 0 Å². The van der Waals surface area contributed by atoms with E-state index in [2.05, 4.69) is 22.0 Å². The van der Waals surface area contributed by atoms with Gasteiger partial charge in [-0.3, -0.25) is 0 Å². The lowest BCUT2D eigenvalue weighted by Gasteiger charge is -2.15. The van der Waals surface area contributed by atoms with Gasteiger partial charge in [-0.1, -0.05) is 48.5 Å². The molecule has 0 aliphatic carbocycles. The predicted molar refractivity (Wildman–Crippen MR) is 133 cm³/mol. The highest BCUT2D eigenvalue weighted by molar-refractivity contribution is 9.10. The van der Waals surface area contributed by atoms with Gasteiger partial charge in [0.25, 0.3) is 0 Å². The summed E-state index contributed by atoms with van der Waals surface area (Å²) in [6, 6.07) is 26.3. The molecule has 4 aromatic carbocycles. The van der Waals surface area contributed by atoms with E-state index in [1.165, 1.54) is 12.1 Å². The molecular formula is C28H21BrFNO2. The van der Waals surface area contributed by atoms with Crippen LogP contribution in [0.3, 0.4) is 0 Å². The average molecular weight is 502 g/mol. The van der Waals surface area contributed by atoms with Crippen molar-refractivity contribution in [2.75, 3.05) is 6.61 Å². The van der Waals surface area contributed by atoms with Crippen LogP contribution >= 0.6 is 15.9 Å². The second-order valence-electron chi connectivity index (χ2n) is 7.41. The maximum absolute atomic E-state index is 13.5. The number of benzene rings is 4. The van der Waals surface area contributed by atoms with E-state index in [1.807, 2.05) is 67.6 Å². The molecule has 33 heavy (non-hydrogen) atoms. The van der Waals surface area contributed by atoms with Crippen molar-refractivity contribution in [1.82, 2.24) is 0 Å². The Labute approximate surface area is 200 Å². The maximum Gasteiger partial charge on any atom is 0.175 e. The maximum atomic E-state index is 13.5. The summed E-state index contributed by atoms with van der Waals surface area (Å²) in [4.78, 5) is 0. The Morgan fingerprint density at radius 2 is 1.79 bits per heavy atom. The number of allylic oxidation sites excluding steroid dienone is 1. The van der Waals surface area contributed by atoms with Crippen LogP contribution in [0.25, 0.3) is 22.4 Å². The van der Waals surface area contributed by atoms with E-state index in [-0.39, 0.29) is 12.4 Å². The van der Waals surface area contributed by atoms with E-state index in [9.17, 15) is 9.65 Å². The molecule has 0 amide bonds. The smallest absolute Gasteiger partial charge is 0.175 e. The van der Waals surface area contributed by atoms with Gasteiger partial charge in [0.05, 0.1) is 22.7 Å². The fourth-order valence-electron chi connectivity index (χ4n) is 3.56. The highest BCUT2D eigenvalue weighted by atomic mass is 79.9.